The van der Waals surface area contributed by atoms with E-state index >= 15 is 0 Å². The molecule has 8 nitrogen and oxygen atoms in total. The number of carbonyl (C=O) groups excluding carboxylic acids is 2. The Bertz CT molecular complexity index is 898. The number of nitrogens with zero attached hydrogens (tertiary/aromatic N) is 2. The lowest BCUT2D eigenvalue weighted by Gasteiger charge is -2.33. The Morgan fingerprint density at radius 3 is 2.55 bits per heavy atom. The number of piperazine rings is 1. The molecule has 1 aromatic carbocycles. The van der Waals surface area contributed by atoms with Crippen molar-refractivity contribution in [3.63, 3.8) is 0 Å². The third-order valence-corrected chi connectivity index (χ3v) is 5.94. The molecule has 1 saturated heterocycles. The number of carbonyl (C=O) groups is 2. The zero-order chi connectivity index (χ0) is 20.2. The van der Waals surface area contributed by atoms with Gasteiger partial charge in [-0.1, -0.05) is 11.6 Å². The summed E-state index contributed by atoms with van der Waals surface area (Å²) in [7, 11) is 0. The topological polar surface area (TPSA) is 83.1 Å². The summed E-state index contributed by atoms with van der Waals surface area (Å²) in [5, 5.41) is 5.00. The van der Waals surface area contributed by atoms with E-state index in [-0.39, 0.29) is 19.2 Å². The lowest BCUT2D eigenvalue weighted by atomic mass is 10.3. The molecule has 0 aliphatic carbocycles. The van der Waals surface area contributed by atoms with E-state index in [1.54, 1.807) is 29.5 Å². The SMILES string of the molecule is O=C(CN1CCN(Cc2ccc(Cl)s2)CC1)NC(=O)Nc1ccc2c(c1)OCO2. The molecule has 154 valence electrons. The Morgan fingerprint density at radius 2 is 1.79 bits per heavy atom. The first-order valence-corrected chi connectivity index (χ1v) is 10.4. The molecular formula is C19H21ClN4O4S. The summed E-state index contributed by atoms with van der Waals surface area (Å²) >= 11 is 7.57. The smallest absolute Gasteiger partial charge is 0.325 e. The van der Waals surface area contributed by atoms with Crippen molar-refractivity contribution in [3.05, 3.63) is 39.5 Å². The van der Waals surface area contributed by atoms with E-state index in [9.17, 15) is 9.59 Å². The molecule has 29 heavy (non-hydrogen) atoms. The van der Waals surface area contributed by atoms with Crippen LogP contribution in [0.25, 0.3) is 0 Å². The average Bonchev–Trinajstić information content (AvgIpc) is 3.31. The van der Waals surface area contributed by atoms with Crippen molar-refractivity contribution in [2.24, 2.45) is 0 Å². The van der Waals surface area contributed by atoms with Gasteiger partial charge in [-0.15, -0.1) is 11.3 Å². The van der Waals surface area contributed by atoms with Gasteiger partial charge in [0.05, 0.1) is 10.9 Å². The number of fused-ring (bicyclic) bond motifs is 1. The highest BCUT2D eigenvalue weighted by Crippen LogP contribution is 2.34. The molecule has 0 radical (unpaired) electrons. The monoisotopic (exact) mass is 436 g/mol. The van der Waals surface area contributed by atoms with E-state index < -0.39 is 6.03 Å². The van der Waals surface area contributed by atoms with Crippen molar-refractivity contribution in [2.45, 2.75) is 6.54 Å². The maximum atomic E-state index is 12.2. The van der Waals surface area contributed by atoms with Gasteiger partial charge in [0.15, 0.2) is 11.5 Å². The molecule has 0 bridgehead atoms. The molecule has 4 rings (SSSR count). The summed E-state index contributed by atoms with van der Waals surface area (Å²) in [6, 6.07) is 8.46. The molecule has 1 fully saturated rings. The molecule has 0 spiro atoms. The molecule has 3 amide bonds. The highest BCUT2D eigenvalue weighted by atomic mass is 35.5. The van der Waals surface area contributed by atoms with Crippen molar-refractivity contribution < 1.29 is 19.1 Å². The first-order chi connectivity index (χ1) is 14.0. The summed E-state index contributed by atoms with van der Waals surface area (Å²) in [5.41, 5.74) is 0.529. The highest BCUT2D eigenvalue weighted by Gasteiger charge is 2.21. The fourth-order valence-electron chi connectivity index (χ4n) is 3.27. The quantitative estimate of drug-likeness (QED) is 0.749. The maximum absolute atomic E-state index is 12.2. The van der Waals surface area contributed by atoms with Crippen molar-refractivity contribution >= 4 is 40.6 Å². The van der Waals surface area contributed by atoms with Crippen LogP contribution in [-0.2, 0) is 11.3 Å². The van der Waals surface area contributed by atoms with Gasteiger partial charge in [0.2, 0.25) is 12.7 Å². The minimum atomic E-state index is -0.568. The Balaban J connectivity index is 1.18. The largest absolute Gasteiger partial charge is 0.454 e. The minimum absolute atomic E-state index is 0.164. The Hall–Kier alpha value is -2.33. The van der Waals surface area contributed by atoms with Gasteiger partial charge in [-0.3, -0.25) is 19.9 Å². The number of rotatable bonds is 5. The molecule has 2 aliphatic heterocycles. The van der Waals surface area contributed by atoms with Gasteiger partial charge in [0.1, 0.15) is 0 Å². The number of amides is 3. The summed E-state index contributed by atoms with van der Waals surface area (Å²) in [4.78, 5) is 29.9. The van der Waals surface area contributed by atoms with Gasteiger partial charge in [0.25, 0.3) is 0 Å². The number of urea groups is 1. The van der Waals surface area contributed by atoms with Gasteiger partial charge in [-0.25, -0.2) is 4.79 Å². The number of hydrogen-bond donors (Lipinski definition) is 2. The molecule has 0 unspecified atom stereocenters. The Kier molecular flexibility index (Phi) is 6.19. The van der Waals surface area contributed by atoms with Crippen LogP contribution in [0.2, 0.25) is 4.34 Å². The van der Waals surface area contributed by atoms with Gasteiger partial charge < -0.3 is 14.8 Å². The number of thiophene rings is 1. The highest BCUT2D eigenvalue weighted by molar-refractivity contribution is 7.16. The number of anilines is 1. The lowest BCUT2D eigenvalue weighted by Crippen LogP contribution is -2.50. The van der Waals surface area contributed by atoms with Crippen LogP contribution < -0.4 is 20.1 Å². The van der Waals surface area contributed by atoms with Crippen LogP contribution in [0.1, 0.15) is 4.88 Å². The lowest BCUT2D eigenvalue weighted by molar-refractivity contribution is -0.121. The molecule has 1 aromatic heterocycles. The fourth-order valence-corrected chi connectivity index (χ4v) is 4.40. The predicted octanol–water partition coefficient (Wildman–Crippen LogP) is 2.60. The summed E-state index contributed by atoms with van der Waals surface area (Å²) < 4.78 is 11.3. The molecule has 0 saturated carbocycles. The number of benzene rings is 1. The number of nitrogens with one attached hydrogen (secondary N) is 2. The molecule has 2 N–H and O–H groups in total. The fraction of sp³-hybridized carbons (Fsp3) is 0.368. The molecule has 3 heterocycles. The van der Waals surface area contributed by atoms with Gasteiger partial charge in [-0.2, -0.15) is 0 Å². The maximum Gasteiger partial charge on any atom is 0.325 e. The number of imide groups is 1. The summed E-state index contributed by atoms with van der Waals surface area (Å²) in [5.74, 6) is 0.868. The standard InChI is InChI=1S/C19H21ClN4O4S/c20-17-4-2-14(29-17)10-23-5-7-24(8-6-23)11-18(25)22-19(26)21-13-1-3-15-16(9-13)28-12-27-15/h1-4,9H,5-8,10-12H2,(H2,21,22,25,26). The summed E-state index contributed by atoms with van der Waals surface area (Å²) in [6.07, 6.45) is 0. The minimum Gasteiger partial charge on any atom is -0.454 e. The number of ether oxygens (including phenoxy) is 2. The Labute approximate surface area is 177 Å². The molecule has 2 aromatic rings. The third kappa shape index (κ3) is 5.39. The first kappa shape index (κ1) is 20.0. The number of hydrogen-bond acceptors (Lipinski definition) is 7. The van der Waals surface area contributed by atoms with Crippen LogP contribution in [-0.4, -0.2) is 61.3 Å². The van der Waals surface area contributed by atoms with Gasteiger partial charge >= 0.3 is 6.03 Å². The predicted molar refractivity (Wildman–Crippen MR) is 111 cm³/mol. The van der Waals surface area contributed by atoms with Crippen molar-refractivity contribution in [1.29, 1.82) is 0 Å². The van der Waals surface area contributed by atoms with E-state index in [1.165, 1.54) is 4.88 Å². The van der Waals surface area contributed by atoms with E-state index in [1.807, 2.05) is 17.0 Å². The normalized spacial score (nSPS) is 16.6. The molecular weight excluding hydrogens is 416 g/mol. The Morgan fingerprint density at radius 1 is 1.03 bits per heavy atom. The summed E-state index contributed by atoms with van der Waals surface area (Å²) in [6.45, 7) is 4.51. The molecule has 2 aliphatic rings. The van der Waals surface area contributed by atoms with Crippen molar-refractivity contribution in [2.75, 3.05) is 44.8 Å². The van der Waals surface area contributed by atoms with Crippen molar-refractivity contribution in [1.82, 2.24) is 15.1 Å². The second-order valence-electron chi connectivity index (χ2n) is 6.83. The van der Waals surface area contributed by atoms with Crippen LogP contribution in [0.4, 0.5) is 10.5 Å². The van der Waals surface area contributed by atoms with E-state index in [0.29, 0.717) is 17.2 Å². The zero-order valence-electron chi connectivity index (χ0n) is 15.7. The molecule has 0 atom stereocenters. The van der Waals surface area contributed by atoms with E-state index in [2.05, 4.69) is 15.5 Å². The van der Waals surface area contributed by atoms with Crippen LogP contribution in [0.3, 0.4) is 0 Å². The van der Waals surface area contributed by atoms with Crippen LogP contribution >= 0.6 is 22.9 Å². The second-order valence-corrected chi connectivity index (χ2v) is 8.63. The average molecular weight is 437 g/mol. The van der Waals surface area contributed by atoms with Gasteiger partial charge in [0, 0.05) is 49.4 Å². The molecule has 10 heteroatoms. The number of halogens is 1. The van der Waals surface area contributed by atoms with Crippen molar-refractivity contribution in [3.8, 4) is 11.5 Å². The van der Waals surface area contributed by atoms with E-state index in [4.69, 9.17) is 21.1 Å². The van der Waals surface area contributed by atoms with Crippen LogP contribution in [0, 0.1) is 0 Å². The van der Waals surface area contributed by atoms with Crippen LogP contribution in [0.15, 0.2) is 30.3 Å². The van der Waals surface area contributed by atoms with E-state index in [0.717, 1.165) is 37.1 Å². The first-order valence-electron chi connectivity index (χ1n) is 9.24. The second kappa shape index (κ2) is 9.00. The third-order valence-electron chi connectivity index (χ3n) is 4.72. The van der Waals surface area contributed by atoms with Crippen LogP contribution in [0.5, 0.6) is 11.5 Å². The van der Waals surface area contributed by atoms with Gasteiger partial charge in [-0.05, 0) is 24.3 Å². The zero-order valence-corrected chi connectivity index (χ0v) is 17.2.